The van der Waals surface area contributed by atoms with Crippen LogP contribution in [0.25, 0.3) is 0 Å². The average molecular weight is 373 g/mol. The zero-order chi connectivity index (χ0) is 19.2. The Hall–Kier alpha value is -1.69. The molecule has 27 heavy (non-hydrogen) atoms. The molecule has 1 aromatic heterocycles. The highest BCUT2D eigenvalue weighted by Crippen LogP contribution is 2.59. The molecule has 0 radical (unpaired) electrons. The maximum atomic E-state index is 12.6. The lowest BCUT2D eigenvalue weighted by Gasteiger charge is -2.56. The Morgan fingerprint density at radius 2 is 1.85 bits per heavy atom. The summed E-state index contributed by atoms with van der Waals surface area (Å²) in [6.45, 7) is 2.66. The predicted octanol–water partition coefficient (Wildman–Crippen LogP) is 2.31. The summed E-state index contributed by atoms with van der Waals surface area (Å²) >= 11 is 0. The molecule has 5 rings (SSSR count). The molecule has 4 aliphatic carbocycles. The van der Waals surface area contributed by atoms with Crippen LogP contribution >= 0.6 is 0 Å². The summed E-state index contributed by atoms with van der Waals surface area (Å²) in [6.07, 6.45) is 9.86. The van der Waals surface area contributed by atoms with Crippen molar-refractivity contribution in [1.82, 2.24) is 20.2 Å². The second-order valence-corrected chi connectivity index (χ2v) is 9.53. The summed E-state index contributed by atoms with van der Waals surface area (Å²) in [7, 11) is 4.04. The molecule has 0 spiro atoms. The van der Waals surface area contributed by atoms with Gasteiger partial charge < -0.3 is 15.2 Å². The van der Waals surface area contributed by atoms with E-state index in [0.717, 1.165) is 49.3 Å². The summed E-state index contributed by atoms with van der Waals surface area (Å²) in [5, 5.41) is 2.85. The SMILES string of the molecule is C[C@H](CCNC(=O)c1cnc(C23CC4CC(CC(C4)C2)C3)[nH]c1=O)N(C)C. The minimum atomic E-state index is -0.327. The van der Waals surface area contributed by atoms with Crippen molar-refractivity contribution < 1.29 is 4.79 Å². The number of H-pyrrole nitrogens is 1. The van der Waals surface area contributed by atoms with E-state index in [4.69, 9.17) is 0 Å². The van der Waals surface area contributed by atoms with Crippen molar-refractivity contribution in [2.75, 3.05) is 20.6 Å². The second-order valence-electron chi connectivity index (χ2n) is 9.53. The molecule has 6 heteroatoms. The number of amides is 1. The van der Waals surface area contributed by atoms with Crippen LogP contribution in [0.5, 0.6) is 0 Å². The molecule has 0 unspecified atom stereocenters. The van der Waals surface area contributed by atoms with Crippen LogP contribution in [0.15, 0.2) is 11.0 Å². The summed E-state index contributed by atoms with van der Waals surface area (Å²) in [4.78, 5) is 34.7. The van der Waals surface area contributed by atoms with Gasteiger partial charge in [-0.1, -0.05) is 0 Å². The van der Waals surface area contributed by atoms with Crippen LogP contribution in [0, 0.1) is 17.8 Å². The fraction of sp³-hybridized carbons (Fsp3) is 0.762. The average Bonchev–Trinajstić information content (AvgIpc) is 2.60. The molecule has 2 N–H and O–H groups in total. The number of aromatic nitrogens is 2. The molecule has 1 amide bonds. The minimum absolute atomic E-state index is 0.0457. The van der Waals surface area contributed by atoms with Gasteiger partial charge in [-0.2, -0.15) is 0 Å². The fourth-order valence-corrected chi connectivity index (χ4v) is 5.97. The third kappa shape index (κ3) is 3.56. The largest absolute Gasteiger partial charge is 0.352 e. The smallest absolute Gasteiger partial charge is 0.263 e. The van der Waals surface area contributed by atoms with Crippen LogP contribution in [-0.4, -0.2) is 47.5 Å². The van der Waals surface area contributed by atoms with Crippen molar-refractivity contribution >= 4 is 5.91 Å². The van der Waals surface area contributed by atoms with Crippen molar-refractivity contribution in [1.29, 1.82) is 0 Å². The molecule has 1 atom stereocenters. The summed E-state index contributed by atoms with van der Waals surface area (Å²) < 4.78 is 0. The molecule has 0 aromatic carbocycles. The van der Waals surface area contributed by atoms with Gasteiger partial charge in [0, 0.05) is 24.2 Å². The molecule has 0 aliphatic heterocycles. The minimum Gasteiger partial charge on any atom is -0.352 e. The monoisotopic (exact) mass is 372 g/mol. The highest BCUT2D eigenvalue weighted by atomic mass is 16.2. The molecule has 6 nitrogen and oxygen atoms in total. The number of hydrogen-bond acceptors (Lipinski definition) is 4. The predicted molar refractivity (Wildman–Crippen MR) is 105 cm³/mol. The van der Waals surface area contributed by atoms with Gasteiger partial charge in [0.2, 0.25) is 0 Å². The number of hydrogen-bond donors (Lipinski definition) is 2. The first-order valence-electron chi connectivity index (χ1n) is 10.4. The number of nitrogens with zero attached hydrogens (tertiary/aromatic N) is 2. The van der Waals surface area contributed by atoms with Crippen molar-refractivity contribution in [2.45, 2.75) is 63.3 Å². The van der Waals surface area contributed by atoms with E-state index in [-0.39, 0.29) is 22.4 Å². The van der Waals surface area contributed by atoms with Crippen LogP contribution in [-0.2, 0) is 5.41 Å². The first-order valence-corrected chi connectivity index (χ1v) is 10.4. The van der Waals surface area contributed by atoms with Crippen LogP contribution in [0.1, 0.15) is 68.1 Å². The van der Waals surface area contributed by atoms with Gasteiger partial charge in [-0.3, -0.25) is 9.59 Å². The van der Waals surface area contributed by atoms with Gasteiger partial charge >= 0.3 is 0 Å². The lowest BCUT2D eigenvalue weighted by atomic mass is 9.49. The molecule has 4 saturated carbocycles. The molecule has 0 saturated heterocycles. The zero-order valence-electron chi connectivity index (χ0n) is 16.8. The lowest BCUT2D eigenvalue weighted by Crippen LogP contribution is -2.50. The number of nitrogens with one attached hydrogen (secondary N) is 2. The van der Waals surface area contributed by atoms with E-state index in [1.165, 1.54) is 25.5 Å². The first-order chi connectivity index (χ1) is 12.9. The number of carbonyl (C=O) groups is 1. The Balaban J connectivity index is 1.45. The topological polar surface area (TPSA) is 78.1 Å². The van der Waals surface area contributed by atoms with E-state index in [2.05, 4.69) is 27.1 Å². The van der Waals surface area contributed by atoms with Gasteiger partial charge in [-0.25, -0.2) is 4.98 Å². The Morgan fingerprint density at radius 1 is 1.26 bits per heavy atom. The summed E-state index contributed by atoms with van der Waals surface area (Å²) in [5.41, 5.74) is -0.126. The third-order valence-electron chi connectivity index (χ3n) is 7.31. The van der Waals surface area contributed by atoms with Crippen molar-refractivity contribution in [2.24, 2.45) is 17.8 Å². The van der Waals surface area contributed by atoms with E-state index in [0.29, 0.717) is 12.6 Å². The van der Waals surface area contributed by atoms with Gasteiger partial charge in [-0.15, -0.1) is 0 Å². The normalized spacial score (nSPS) is 32.7. The van der Waals surface area contributed by atoms with Crippen LogP contribution in [0.2, 0.25) is 0 Å². The number of aromatic amines is 1. The number of carbonyl (C=O) groups excluding carboxylic acids is 1. The van der Waals surface area contributed by atoms with E-state index in [9.17, 15) is 9.59 Å². The molecule has 1 aromatic rings. The standard InChI is InChI=1S/C21H32N4O2/c1-13(25(2)3)4-5-22-18(26)17-12-23-20(24-19(17)27)21-9-14-6-15(10-21)8-16(7-14)11-21/h12-16H,4-11H2,1-3H3,(H,22,26)(H,23,24,27)/t13-,14?,15?,16?,21?/m1/s1. The maximum absolute atomic E-state index is 12.6. The Kier molecular flexibility index (Phi) is 4.87. The zero-order valence-corrected chi connectivity index (χ0v) is 16.8. The highest BCUT2D eigenvalue weighted by molar-refractivity contribution is 5.93. The van der Waals surface area contributed by atoms with Gasteiger partial charge in [0.05, 0.1) is 0 Å². The fourth-order valence-electron chi connectivity index (χ4n) is 5.97. The van der Waals surface area contributed by atoms with Gasteiger partial charge in [0.25, 0.3) is 11.5 Å². The molecule has 4 bridgehead atoms. The van der Waals surface area contributed by atoms with E-state index >= 15 is 0 Å². The van der Waals surface area contributed by atoms with Gasteiger partial charge in [0.1, 0.15) is 11.4 Å². The number of rotatable bonds is 6. The van der Waals surface area contributed by atoms with Crippen LogP contribution in [0.3, 0.4) is 0 Å². The Bertz CT molecular complexity index is 734. The van der Waals surface area contributed by atoms with Gasteiger partial charge in [0.15, 0.2) is 0 Å². The Labute approximate surface area is 161 Å². The molecule has 1 heterocycles. The highest BCUT2D eigenvalue weighted by Gasteiger charge is 2.52. The van der Waals surface area contributed by atoms with Crippen LogP contribution < -0.4 is 10.9 Å². The van der Waals surface area contributed by atoms with Crippen molar-refractivity contribution in [3.8, 4) is 0 Å². The van der Waals surface area contributed by atoms with Crippen molar-refractivity contribution in [3.63, 3.8) is 0 Å². The van der Waals surface area contributed by atoms with E-state index in [1.54, 1.807) is 0 Å². The van der Waals surface area contributed by atoms with E-state index in [1.807, 2.05) is 14.1 Å². The molecule has 4 fully saturated rings. The first kappa shape index (κ1) is 18.7. The second kappa shape index (κ2) is 7.04. The summed E-state index contributed by atoms with van der Waals surface area (Å²) in [5.74, 6) is 2.88. The van der Waals surface area contributed by atoms with Crippen LogP contribution in [0.4, 0.5) is 0 Å². The maximum Gasteiger partial charge on any atom is 0.263 e. The quantitative estimate of drug-likeness (QED) is 0.803. The summed E-state index contributed by atoms with van der Waals surface area (Å²) in [6, 6.07) is 0.375. The Morgan fingerprint density at radius 3 is 2.37 bits per heavy atom. The lowest BCUT2D eigenvalue weighted by molar-refractivity contribution is -0.00953. The molecule has 148 valence electrons. The molecular weight excluding hydrogens is 340 g/mol. The van der Waals surface area contributed by atoms with Crippen molar-refractivity contribution in [3.05, 3.63) is 27.9 Å². The molecule has 4 aliphatic rings. The van der Waals surface area contributed by atoms with Gasteiger partial charge in [-0.05, 0) is 83.7 Å². The third-order valence-corrected chi connectivity index (χ3v) is 7.31. The van der Waals surface area contributed by atoms with E-state index < -0.39 is 0 Å². The molecular formula is C21H32N4O2.